The van der Waals surface area contributed by atoms with E-state index in [1.54, 1.807) is 7.11 Å². The summed E-state index contributed by atoms with van der Waals surface area (Å²) >= 11 is 0. The molecule has 0 unspecified atom stereocenters. The molecule has 2 aromatic rings. The number of hydrogen-bond donors (Lipinski definition) is 1. The number of rotatable bonds is 7. The van der Waals surface area contributed by atoms with Crippen LogP contribution in [-0.2, 0) is 16.0 Å². The molecule has 1 N–H and O–H groups in total. The third kappa shape index (κ3) is 4.51. The van der Waals surface area contributed by atoms with Crippen LogP contribution in [0.5, 0.6) is 0 Å². The lowest BCUT2D eigenvalue weighted by Gasteiger charge is -2.38. The number of methoxy groups -OCH3 is 1. The highest BCUT2D eigenvalue weighted by molar-refractivity contribution is 5.83. The highest BCUT2D eigenvalue weighted by Gasteiger charge is 2.41. The van der Waals surface area contributed by atoms with Crippen LogP contribution < -0.4 is 0 Å². The third-order valence-corrected chi connectivity index (χ3v) is 7.09. The van der Waals surface area contributed by atoms with Crippen molar-refractivity contribution in [1.29, 1.82) is 0 Å². The van der Waals surface area contributed by atoms with Crippen LogP contribution in [0.25, 0.3) is 10.9 Å². The fourth-order valence-electron chi connectivity index (χ4n) is 5.47. The van der Waals surface area contributed by atoms with Gasteiger partial charge in [0.25, 0.3) is 0 Å². The van der Waals surface area contributed by atoms with Crippen LogP contribution in [0.2, 0.25) is 0 Å². The number of carbonyl (C=O) groups excluding carboxylic acids is 1. The van der Waals surface area contributed by atoms with Crippen molar-refractivity contribution in [1.82, 2.24) is 14.8 Å². The van der Waals surface area contributed by atoms with Crippen molar-refractivity contribution < 1.29 is 9.53 Å². The van der Waals surface area contributed by atoms with E-state index >= 15 is 0 Å². The molecule has 2 fully saturated rings. The zero-order valence-corrected chi connectivity index (χ0v) is 17.8. The lowest BCUT2D eigenvalue weighted by molar-refractivity contribution is -0.131. The summed E-state index contributed by atoms with van der Waals surface area (Å²) < 4.78 is 5.32. The number of amides is 1. The number of aromatic amines is 1. The minimum absolute atomic E-state index is 0.303. The maximum Gasteiger partial charge on any atom is 0.222 e. The van der Waals surface area contributed by atoms with E-state index in [-0.39, 0.29) is 0 Å². The average Bonchev–Trinajstić information content (AvgIpc) is 3.25. The summed E-state index contributed by atoms with van der Waals surface area (Å²) in [4.78, 5) is 21.0. The Morgan fingerprint density at radius 3 is 2.83 bits per heavy atom. The van der Waals surface area contributed by atoms with Gasteiger partial charge in [-0.2, -0.15) is 0 Å². The summed E-state index contributed by atoms with van der Waals surface area (Å²) in [6, 6.07) is 8.40. The van der Waals surface area contributed by atoms with Gasteiger partial charge in [-0.3, -0.25) is 9.69 Å². The maximum atomic E-state index is 12.9. The number of hydrogen-bond acceptors (Lipinski definition) is 3. The van der Waals surface area contributed by atoms with Gasteiger partial charge in [0.05, 0.1) is 6.61 Å². The average molecular weight is 398 g/mol. The van der Waals surface area contributed by atoms with E-state index in [0.717, 1.165) is 51.9 Å². The van der Waals surface area contributed by atoms with Crippen molar-refractivity contribution >= 4 is 16.8 Å². The predicted molar refractivity (Wildman–Crippen MR) is 117 cm³/mol. The van der Waals surface area contributed by atoms with Gasteiger partial charge in [-0.25, -0.2) is 0 Å². The van der Waals surface area contributed by atoms with Gasteiger partial charge >= 0.3 is 0 Å². The topological polar surface area (TPSA) is 48.6 Å². The normalized spacial score (nSPS) is 23.1. The van der Waals surface area contributed by atoms with Crippen LogP contribution in [0.1, 0.15) is 50.5 Å². The van der Waals surface area contributed by atoms with Gasteiger partial charge in [0, 0.05) is 55.8 Å². The maximum absolute atomic E-state index is 12.9. The Labute approximate surface area is 174 Å². The van der Waals surface area contributed by atoms with Crippen LogP contribution in [0.3, 0.4) is 0 Å². The quantitative estimate of drug-likeness (QED) is 0.769. The molecule has 5 heteroatoms. The summed E-state index contributed by atoms with van der Waals surface area (Å²) in [5, 5.41) is 1.29. The highest BCUT2D eigenvalue weighted by Crippen LogP contribution is 2.38. The Bertz CT molecular complexity index is 817. The second-order valence-electron chi connectivity index (χ2n) is 8.76. The lowest BCUT2D eigenvalue weighted by atomic mass is 9.88. The molecule has 4 rings (SSSR count). The van der Waals surface area contributed by atoms with Gasteiger partial charge in [0.2, 0.25) is 5.91 Å². The summed E-state index contributed by atoms with van der Waals surface area (Å²) in [5.41, 5.74) is 2.81. The molecular weight excluding hydrogens is 362 g/mol. The molecule has 1 aromatic heterocycles. The van der Waals surface area contributed by atoms with Gasteiger partial charge in [0.1, 0.15) is 0 Å². The van der Waals surface area contributed by atoms with Crippen LogP contribution in [0, 0.1) is 0 Å². The number of nitrogens with zero attached hydrogens (tertiary/aromatic N) is 2. The molecule has 0 radical (unpaired) electrons. The Kier molecular flexibility index (Phi) is 6.56. The zero-order chi connectivity index (χ0) is 20.1. The van der Waals surface area contributed by atoms with Crippen molar-refractivity contribution in [2.75, 3.05) is 39.9 Å². The van der Waals surface area contributed by atoms with Gasteiger partial charge in [0.15, 0.2) is 0 Å². The first-order valence-corrected chi connectivity index (χ1v) is 11.3. The van der Waals surface area contributed by atoms with E-state index in [2.05, 4.69) is 45.2 Å². The van der Waals surface area contributed by atoms with Crippen molar-refractivity contribution in [3.63, 3.8) is 0 Å². The molecule has 1 atom stereocenters. The van der Waals surface area contributed by atoms with Gasteiger partial charge in [-0.1, -0.05) is 18.2 Å². The molecule has 2 aliphatic heterocycles. The Balaban J connectivity index is 1.28. The number of fused-ring (bicyclic) bond motifs is 1. The minimum atomic E-state index is 0.303. The largest absolute Gasteiger partial charge is 0.383 e. The van der Waals surface area contributed by atoms with Crippen LogP contribution in [0.15, 0.2) is 30.5 Å². The molecule has 2 saturated heterocycles. The molecule has 1 spiro atoms. The molecule has 3 heterocycles. The van der Waals surface area contributed by atoms with Crippen LogP contribution in [-0.4, -0.2) is 66.1 Å². The Morgan fingerprint density at radius 2 is 1.97 bits per heavy atom. The summed E-state index contributed by atoms with van der Waals surface area (Å²) in [6.07, 6.45) is 10.6. The predicted octanol–water partition coefficient (Wildman–Crippen LogP) is 3.98. The molecular formula is C24H35N3O2. The molecule has 0 bridgehead atoms. The molecule has 158 valence electrons. The standard InChI is InChI=1S/C24H35N3O2/c1-29-18-17-27-15-6-12-24(27)11-5-14-26(16-13-24)23(28)10-4-7-20-19-25-22-9-3-2-8-21(20)22/h2-3,8-9,19,25H,4-7,10-18H2,1H3/t24-/m1/s1. The second kappa shape index (κ2) is 9.31. The van der Waals surface area contributed by atoms with E-state index in [0.29, 0.717) is 17.9 Å². The van der Waals surface area contributed by atoms with E-state index in [4.69, 9.17) is 4.74 Å². The molecule has 1 aromatic carbocycles. The van der Waals surface area contributed by atoms with Crippen molar-refractivity contribution in [3.05, 3.63) is 36.0 Å². The number of aromatic nitrogens is 1. The fraction of sp³-hybridized carbons (Fsp3) is 0.625. The number of aryl methyl sites for hydroxylation is 1. The smallest absolute Gasteiger partial charge is 0.222 e. The second-order valence-corrected chi connectivity index (χ2v) is 8.76. The molecule has 29 heavy (non-hydrogen) atoms. The number of benzene rings is 1. The van der Waals surface area contributed by atoms with E-state index in [1.807, 2.05) is 0 Å². The zero-order valence-electron chi connectivity index (χ0n) is 17.8. The summed E-state index contributed by atoms with van der Waals surface area (Å²) in [5.74, 6) is 0.336. The van der Waals surface area contributed by atoms with Gasteiger partial charge in [-0.05, 0) is 63.1 Å². The first kappa shape index (κ1) is 20.4. The molecule has 5 nitrogen and oxygen atoms in total. The molecule has 0 saturated carbocycles. The highest BCUT2D eigenvalue weighted by atomic mass is 16.5. The number of likely N-dealkylation sites (tertiary alicyclic amines) is 2. The number of ether oxygens (including phenoxy) is 1. The summed E-state index contributed by atoms with van der Waals surface area (Å²) in [7, 11) is 1.78. The van der Waals surface area contributed by atoms with Crippen molar-refractivity contribution in [3.8, 4) is 0 Å². The van der Waals surface area contributed by atoms with Crippen molar-refractivity contribution in [2.24, 2.45) is 0 Å². The van der Waals surface area contributed by atoms with E-state index in [9.17, 15) is 4.79 Å². The van der Waals surface area contributed by atoms with E-state index < -0.39 is 0 Å². The Hall–Kier alpha value is -1.85. The van der Waals surface area contributed by atoms with Gasteiger partial charge in [-0.15, -0.1) is 0 Å². The SMILES string of the molecule is COCCN1CCC[C@@]12CCCN(C(=O)CCCc1c[nH]c3ccccc13)CC2. The first-order valence-electron chi connectivity index (χ1n) is 11.3. The van der Waals surface area contributed by atoms with Gasteiger partial charge < -0.3 is 14.6 Å². The van der Waals surface area contributed by atoms with Crippen molar-refractivity contribution in [2.45, 2.75) is 56.9 Å². The molecule has 2 aliphatic rings. The molecule has 1 amide bonds. The van der Waals surface area contributed by atoms with Crippen LogP contribution >= 0.6 is 0 Å². The number of para-hydroxylation sites is 1. The first-order chi connectivity index (χ1) is 14.2. The lowest BCUT2D eigenvalue weighted by Crippen LogP contribution is -2.46. The number of H-pyrrole nitrogens is 1. The van der Waals surface area contributed by atoms with Crippen LogP contribution in [0.4, 0.5) is 0 Å². The summed E-state index contributed by atoms with van der Waals surface area (Å²) in [6.45, 7) is 4.84. The monoisotopic (exact) mass is 397 g/mol. The third-order valence-electron chi connectivity index (χ3n) is 7.09. The number of nitrogens with one attached hydrogen (secondary N) is 1. The Morgan fingerprint density at radius 1 is 1.14 bits per heavy atom. The number of carbonyl (C=O) groups is 1. The molecule has 0 aliphatic carbocycles. The minimum Gasteiger partial charge on any atom is -0.383 e. The van der Waals surface area contributed by atoms with E-state index in [1.165, 1.54) is 42.3 Å². The fourth-order valence-corrected chi connectivity index (χ4v) is 5.47.